The van der Waals surface area contributed by atoms with Gasteiger partial charge in [-0.2, -0.15) is 9.40 Å². The zero-order valence-electron chi connectivity index (χ0n) is 14.1. The highest BCUT2D eigenvalue weighted by Gasteiger charge is 2.33. The van der Waals surface area contributed by atoms with E-state index in [9.17, 15) is 13.2 Å². The summed E-state index contributed by atoms with van der Waals surface area (Å²) in [6.07, 6.45) is 2.32. The summed E-state index contributed by atoms with van der Waals surface area (Å²) in [6, 6.07) is 5.19. The molecule has 1 aliphatic heterocycles. The molecule has 130 valence electrons. The predicted octanol–water partition coefficient (Wildman–Crippen LogP) is 1.52. The van der Waals surface area contributed by atoms with Crippen LogP contribution in [-0.2, 0) is 14.8 Å². The minimum Gasteiger partial charge on any atom is -0.352 e. The smallest absolute Gasteiger partial charge is 0.243 e. The van der Waals surface area contributed by atoms with E-state index in [0.717, 1.165) is 10.9 Å². The fraction of sp³-hybridized carbons (Fsp3) is 0.500. The van der Waals surface area contributed by atoms with Gasteiger partial charge in [-0.1, -0.05) is 0 Å². The molecule has 0 radical (unpaired) electrons. The molecule has 0 spiro atoms. The van der Waals surface area contributed by atoms with Crippen molar-refractivity contribution in [1.29, 1.82) is 0 Å². The van der Waals surface area contributed by atoms with Gasteiger partial charge in [-0.3, -0.25) is 9.48 Å². The Kier molecular flexibility index (Phi) is 4.35. The van der Waals surface area contributed by atoms with Crippen LogP contribution in [0.5, 0.6) is 0 Å². The number of hydrogen-bond acceptors (Lipinski definition) is 4. The number of benzene rings is 1. The summed E-state index contributed by atoms with van der Waals surface area (Å²) in [5, 5.41) is 7.91. The minimum absolute atomic E-state index is 0.121. The lowest BCUT2D eigenvalue weighted by Crippen LogP contribution is -2.37. The third-order valence-electron chi connectivity index (χ3n) is 4.25. The molecule has 2 aromatic rings. The van der Waals surface area contributed by atoms with Crippen LogP contribution in [0.1, 0.15) is 33.2 Å². The van der Waals surface area contributed by atoms with Gasteiger partial charge < -0.3 is 5.32 Å². The van der Waals surface area contributed by atoms with Gasteiger partial charge in [0.2, 0.25) is 15.9 Å². The molecule has 1 N–H and O–H groups in total. The monoisotopic (exact) mass is 350 g/mol. The van der Waals surface area contributed by atoms with Crippen molar-refractivity contribution in [3.05, 3.63) is 24.4 Å². The van der Waals surface area contributed by atoms with Crippen molar-refractivity contribution in [3.63, 3.8) is 0 Å². The second kappa shape index (κ2) is 6.18. The molecular weight excluding hydrogens is 328 g/mol. The molecule has 24 heavy (non-hydrogen) atoms. The van der Waals surface area contributed by atoms with Gasteiger partial charge in [-0.25, -0.2) is 8.42 Å². The van der Waals surface area contributed by atoms with Crippen LogP contribution < -0.4 is 5.32 Å². The van der Waals surface area contributed by atoms with E-state index in [1.807, 2.05) is 18.5 Å². The largest absolute Gasteiger partial charge is 0.352 e. The van der Waals surface area contributed by atoms with E-state index < -0.39 is 10.0 Å². The van der Waals surface area contributed by atoms with Crippen molar-refractivity contribution >= 4 is 26.8 Å². The number of hydrogen-bond donors (Lipinski definition) is 1. The summed E-state index contributed by atoms with van der Waals surface area (Å²) >= 11 is 0. The Morgan fingerprint density at radius 2 is 2.12 bits per heavy atom. The lowest BCUT2D eigenvalue weighted by Gasteiger charge is -2.17. The van der Waals surface area contributed by atoms with Crippen molar-refractivity contribution in [3.8, 4) is 0 Å². The molecule has 1 aromatic carbocycles. The average molecular weight is 350 g/mol. The SMILES string of the molecule is CC(=O)NC1CCN(S(=O)(=O)c2ccc3c(cnn3C(C)C)c2)C1. The first-order valence-corrected chi connectivity index (χ1v) is 9.47. The number of carbonyl (C=O) groups is 1. The first-order valence-electron chi connectivity index (χ1n) is 8.03. The summed E-state index contributed by atoms with van der Waals surface area (Å²) in [7, 11) is -3.56. The van der Waals surface area contributed by atoms with Crippen LogP contribution >= 0.6 is 0 Å². The number of aromatic nitrogens is 2. The van der Waals surface area contributed by atoms with E-state index in [1.165, 1.54) is 11.2 Å². The number of nitrogens with zero attached hydrogens (tertiary/aromatic N) is 3. The molecule has 1 saturated heterocycles. The van der Waals surface area contributed by atoms with E-state index in [2.05, 4.69) is 10.4 Å². The molecule has 1 fully saturated rings. The number of sulfonamides is 1. The highest BCUT2D eigenvalue weighted by molar-refractivity contribution is 7.89. The van der Waals surface area contributed by atoms with E-state index in [-0.39, 0.29) is 22.9 Å². The third kappa shape index (κ3) is 3.03. The van der Waals surface area contributed by atoms with Gasteiger partial charge in [0.25, 0.3) is 0 Å². The Balaban J connectivity index is 1.88. The van der Waals surface area contributed by atoms with Gasteiger partial charge in [-0.15, -0.1) is 0 Å². The normalized spacial score (nSPS) is 19.2. The second-order valence-electron chi connectivity index (χ2n) is 6.45. The maximum absolute atomic E-state index is 12.8. The number of rotatable bonds is 4. The number of carbonyl (C=O) groups excluding carboxylic acids is 1. The second-order valence-corrected chi connectivity index (χ2v) is 8.39. The fourth-order valence-electron chi connectivity index (χ4n) is 3.10. The van der Waals surface area contributed by atoms with Crippen LogP contribution in [0.4, 0.5) is 0 Å². The Morgan fingerprint density at radius 1 is 1.38 bits per heavy atom. The van der Waals surface area contributed by atoms with Gasteiger partial charge in [0, 0.05) is 37.5 Å². The molecule has 0 bridgehead atoms. The number of fused-ring (bicyclic) bond motifs is 1. The van der Waals surface area contributed by atoms with Gasteiger partial charge in [0.05, 0.1) is 16.6 Å². The molecule has 3 rings (SSSR count). The summed E-state index contributed by atoms with van der Waals surface area (Å²) < 4.78 is 29.0. The van der Waals surface area contributed by atoms with E-state index >= 15 is 0 Å². The van der Waals surface area contributed by atoms with Crippen LogP contribution in [-0.4, -0.2) is 47.5 Å². The lowest BCUT2D eigenvalue weighted by atomic mass is 10.2. The minimum atomic E-state index is -3.56. The van der Waals surface area contributed by atoms with Gasteiger partial charge >= 0.3 is 0 Å². The van der Waals surface area contributed by atoms with Crippen LogP contribution in [0.25, 0.3) is 10.9 Å². The van der Waals surface area contributed by atoms with Crippen molar-refractivity contribution in [1.82, 2.24) is 19.4 Å². The van der Waals surface area contributed by atoms with Crippen LogP contribution in [0.3, 0.4) is 0 Å². The molecule has 1 aliphatic rings. The van der Waals surface area contributed by atoms with Crippen molar-refractivity contribution < 1.29 is 13.2 Å². The number of nitrogens with one attached hydrogen (secondary N) is 1. The Morgan fingerprint density at radius 3 is 2.79 bits per heavy atom. The molecule has 1 amide bonds. The quantitative estimate of drug-likeness (QED) is 0.906. The third-order valence-corrected chi connectivity index (χ3v) is 6.11. The zero-order chi connectivity index (χ0) is 17.5. The standard InChI is InChI=1S/C16H22N4O3S/c1-11(2)20-16-5-4-15(8-13(16)9-17-20)24(22,23)19-7-6-14(10-19)18-12(3)21/h4-5,8-9,11,14H,6-7,10H2,1-3H3,(H,18,21). The Labute approximate surface area is 141 Å². The van der Waals surface area contributed by atoms with Gasteiger partial charge in [0.15, 0.2) is 0 Å². The van der Waals surface area contributed by atoms with E-state index in [4.69, 9.17) is 0 Å². The van der Waals surface area contributed by atoms with Gasteiger partial charge in [0.1, 0.15) is 0 Å². The molecule has 0 aliphatic carbocycles. The molecule has 1 atom stereocenters. The molecule has 1 unspecified atom stereocenters. The summed E-state index contributed by atoms with van der Waals surface area (Å²) in [5.74, 6) is -0.137. The molecule has 1 aromatic heterocycles. The first-order chi connectivity index (χ1) is 11.3. The highest BCUT2D eigenvalue weighted by Crippen LogP contribution is 2.25. The van der Waals surface area contributed by atoms with E-state index in [0.29, 0.717) is 19.5 Å². The molecule has 7 nitrogen and oxygen atoms in total. The average Bonchev–Trinajstić information content (AvgIpc) is 3.12. The summed E-state index contributed by atoms with van der Waals surface area (Å²) in [5.41, 5.74) is 0.918. The van der Waals surface area contributed by atoms with Crippen LogP contribution in [0.15, 0.2) is 29.3 Å². The van der Waals surface area contributed by atoms with Crippen LogP contribution in [0, 0.1) is 0 Å². The van der Waals surface area contributed by atoms with Crippen molar-refractivity contribution in [2.24, 2.45) is 0 Å². The van der Waals surface area contributed by atoms with Gasteiger partial charge in [-0.05, 0) is 38.5 Å². The predicted molar refractivity (Wildman–Crippen MR) is 91.1 cm³/mol. The fourth-order valence-corrected chi connectivity index (χ4v) is 4.64. The lowest BCUT2D eigenvalue weighted by molar-refractivity contribution is -0.119. The first kappa shape index (κ1) is 16.9. The topological polar surface area (TPSA) is 84.3 Å². The Hall–Kier alpha value is -1.93. The number of amides is 1. The molecule has 2 heterocycles. The summed E-state index contributed by atoms with van der Waals surface area (Å²) in [6.45, 7) is 6.23. The summed E-state index contributed by atoms with van der Waals surface area (Å²) in [4.78, 5) is 11.4. The highest BCUT2D eigenvalue weighted by atomic mass is 32.2. The molecule has 8 heteroatoms. The van der Waals surface area contributed by atoms with E-state index in [1.54, 1.807) is 24.4 Å². The molecular formula is C16H22N4O3S. The maximum Gasteiger partial charge on any atom is 0.243 e. The van der Waals surface area contributed by atoms with Crippen molar-refractivity contribution in [2.45, 2.75) is 44.2 Å². The van der Waals surface area contributed by atoms with Crippen molar-refractivity contribution in [2.75, 3.05) is 13.1 Å². The van der Waals surface area contributed by atoms with Crippen LogP contribution in [0.2, 0.25) is 0 Å². The molecule has 0 saturated carbocycles. The maximum atomic E-state index is 12.8. The zero-order valence-corrected chi connectivity index (χ0v) is 14.9. The Bertz CT molecular complexity index is 873.